The summed E-state index contributed by atoms with van der Waals surface area (Å²) in [6.45, 7) is 6.67. The van der Waals surface area contributed by atoms with E-state index in [0.717, 1.165) is 23.7 Å². The van der Waals surface area contributed by atoms with Crippen molar-refractivity contribution in [2.45, 2.75) is 110 Å². The van der Waals surface area contributed by atoms with Gasteiger partial charge >= 0.3 is 0 Å². The Morgan fingerprint density at radius 1 is 0.786 bits per heavy atom. The maximum atomic E-state index is 2.39. The first kappa shape index (κ1) is 21.7. The molecule has 2 aliphatic carbocycles. The lowest BCUT2D eigenvalue weighted by Gasteiger charge is -2.38. The molecule has 2 aliphatic rings. The van der Waals surface area contributed by atoms with Gasteiger partial charge < -0.3 is 0 Å². The molecule has 0 amide bonds. The number of allylic oxidation sites excluding steroid dienone is 1. The summed E-state index contributed by atoms with van der Waals surface area (Å²) in [6.07, 6.45) is 21.5. The first-order valence-corrected chi connectivity index (χ1v) is 12.4. The van der Waals surface area contributed by atoms with Crippen LogP contribution in [0.2, 0.25) is 0 Å². The summed E-state index contributed by atoms with van der Waals surface area (Å²) in [7, 11) is 0. The van der Waals surface area contributed by atoms with Crippen LogP contribution in [0.4, 0.5) is 0 Å². The summed E-state index contributed by atoms with van der Waals surface area (Å²) in [6, 6.07) is 9.42. The van der Waals surface area contributed by atoms with Gasteiger partial charge in [0.05, 0.1) is 0 Å². The van der Waals surface area contributed by atoms with Gasteiger partial charge in [-0.3, -0.25) is 0 Å². The van der Waals surface area contributed by atoms with Crippen molar-refractivity contribution in [1.29, 1.82) is 0 Å². The van der Waals surface area contributed by atoms with E-state index in [9.17, 15) is 0 Å². The Balaban J connectivity index is 1.39. The molecule has 0 nitrogen and oxygen atoms in total. The average molecular weight is 381 g/mol. The fourth-order valence-corrected chi connectivity index (χ4v) is 5.93. The Morgan fingerprint density at radius 3 is 1.96 bits per heavy atom. The molecule has 0 unspecified atom stereocenters. The molecule has 2 fully saturated rings. The maximum absolute atomic E-state index is 2.39. The summed E-state index contributed by atoms with van der Waals surface area (Å²) in [4.78, 5) is 0. The van der Waals surface area contributed by atoms with Gasteiger partial charge in [0.25, 0.3) is 0 Å². The van der Waals surface area contributed by atoms with E-state index in [4.69, 9.17) is 0 Å². The second-order valence-electron chi connectivity index (χ2n) is 10.1. The van der Waals surface area contributed by atoms with Crippen molar-refractivity contribution in [3.05, 3.63) is 41.0 Å². The fourth-order valence-electron chi connectivity index (χ4n) is 5.93. The van der Waals surface area contributed by atoms with Gasteiger partial charge in [-0.2, -0.15) is 0 Å². The van der Waals surface area contributed by atoms with Crippen LogP contribution in [-0.2, 0) is 0 Å². The van der Waals surface area contributed by atoms with Gasteiger partial charge in [0, 0.05) is 0 Å². The molecule has 0 aromatic heterocycles. The summed E-state index contributed by atoms with van der Waals surface area (Å²) in [5.41, 5.74) is 4.31. The molecule has 3 rings (SSSR count). The zero-order valence-electron chi connectivity index (χ0n) is 18.9. The number of hydrogen-bond donors (Lipinski definition) is 0. The van der Waals surface area contributed by atoms with E-state index in [-0.39, 0.29) is 0 Å². The summed E-state index contributed by atoms with van der Waals surface area (Å²) in [5, 5.41) is 0. The minimum Gasteiger partial charge on any atom is -0.0758 e. The molecule has 2 saturated carbocycles. The highest BCUT2D eigenvalue weighted by Gasteiger charge is 2.31. The molecule has 0 atom stereocenters. The minimum atomic E-state index is 0.812. The summed E-state index contributed by atoms with van der Waals surface area (Å²) >= 11 is 0. The van der Waals surface area contributed by atoms with E-state index in [1.165, 1.54) is 94.6 Å². The largest absolute Gasteiger partial charge is 0.0758 e. The average Bonchev–Trinajstić information content (AvgIpc) is 2.72. The van der Waals surface area contributed by atoms with Crippen LogP contribution in [0.25, 0.3) is 6.08 Å². The summed E-state index contributed by atoms with van der Waals surface area (Å²) < 4.78 is 0. The second kappa shape index (κ2) is 11.2. The zero-order chi connectivity index (χ0) is 19.8. The lowest BCUT2D eigenvalue weighted by molar-refractivity contribution is 0.155. The Labute approximate surface area is 175 Å². The molecule has 1 aromatic rings. The van der Waals surface area contributed by atoms with Crippen molar-refractivity contribution in [3.63, 3.8) is 0 Å². The third kappa shape index (κ3) is 6.50. The van der Waals surface area contributed by atoms with E-state index in [1.54, 1.807) is 5.56 Å². The third-order valence-corrected chi connectivity index (χ3v) is 7.66. The van der Waals surface area contributed by atoms with E-state index in [2.05, 4.69) is 51.1 Å². The van der Waals surface area contributed by atoms with Crippen molar-refractivity contribution in [2.24, 2.45) is 17.8 Å². The van der Waals surface area contributed by atoms with Gasteiger partial charge in [-0.05, 0) is 87.2 Å². The predicted octanol–water partition coefficient (Wildman–Crippen LogP) is 9.16. The van der Waals surface area contributed by atoms with Crippen molar-refractivity contribution in [3.8, 4) is 0 Å². The van der Waals surface area contributed by atoms with E-state index < -0.39 is 0 Å². The van der Waals surface area contributed by atoms with Crippen LogP contribution in [0.3, 0.4) is 0 Å². The van der Waals surface area contributed by atoms with E-state index in [0.29, 0.717) is 0 Å². The van der Waals surface area contributed by atoms with Crippen LogP contribution in [-0.4, -0.2) is 0 Å². The van der Waals surface area contributed by atoms with Gasteiger partial charge in [-0.25, -0.2) is 0 Å². The third-order valence-electron chi connectivity index (χ3n) is 7.66. The van der Waals surface area contributed by atoms with Crippen LogP contribution in [0.1, 0.15) is 121 Å². The quantitative estimate of drug-likeness (QED) is 0.394. The van der Waals surface area contributed by atoms with Crippen LogP contribution in [0.15, 0.2) is 29.8 Å². The molecule has 0 bridgehead atoms. The van der Waals surface area contributed by atoms with Gasteiger partial charge in [0.15, 0.2) is 0 Å². The van der Waals surface area contributed by atoms with Crippen molar-refractivity contribution in [1.82, 2.24) is 0 Å². The van der Waals surface area contributed by atoms with Gasteiger partial charge in [0.1, 0.15) is 0 Å². The number of rotatable bonds is 8. The van der Waals surface area contributed by atoms with Crippen LogP contribution < -0.4 is 0 Å². The molecule has 0 N–H and O–H groups in total. The second-order valence-corrected chi connectivity index (χ2v) is 10.1. The van der Waals surface area contributed by atoms with Crippen LogP contribution in [0, 0.1) is 17.8 Å². The fraction of sp³-hybridized carbons (Fsp3) is 0.714. The van der Waals surface area contributed by atoms with Crippen LogP contribution >= 0.6 is 0 Å². The predicted molar refractivity (Wildman–Crippen MR) is 125 cm³/mol. The molecule has 156 valence electrons. The van der Waals surface area contributed by atoms with Crippen molar-refractivity contribution in [2.75, 3.05) is 0 Å². The van der Waals surface area contributed by atoms with E-state index in [1.807, 2.05) is 0 Å². The topological polar surface area (TPSA) is 0 Å². The Kier molecular flexibility index (Phi) is 8.68. The van der Waals surface area contributed by atoms with E-state index >= 15 is 0 Å². The molecule has 0 heteroatoms. The van der Waals surface area contributed by atoms with Crippen molar-refractivity contribution >= 4 is 6.08 Å². The summed E-state index contributed by atoms with van der Waals surface area (Å²) in [5.74, 6) is 3.95. The Hall–Kier alpha value is -1.04. The Morgan fingerprint density at radius 2 is 1.39 bits per heavy atom. The molecule has 0 heterocycles. The zero-order valence-corrected chi connectivity index (χ0v) is 18.9. The van der Waals surface area contributed by atoms with Gasteiger partial charge in [-0.1, -0.05) is 87.8 Å². The lowest BCUT2D eigenvalue weighted by atomic mass is 9.68. The van der Waals surface area contributed by atoms with Gasteiger partial charge in [-0.15, -0.1) is 0 Å². The molecule has 0 aliphatic heterocycles. The number of hydrogen-bond acceptors (Lipinski definition) is 0. The normalized spacial score (nSPS) is 28.1. The molecule has 0 radical (unpaired) electrons. The van der Waals surface area contributed by atoms with Gasteiger partial charge in [0.2, 0.25) is 0 Å². The first-order valence-electron chi connectivity index (χ1n) is 12.4. The molecule has 0 spiro atoms. The highest BCUT2D eigenvalue weighted by molar-refractivity contribution is 5.52. The smallest absolute Gasteiger partial charge is 0.0162 e. The monoisotopic (exact) mass is 380 g/mol. The molecule has 28 heavy (non-hydrogen) atoms. The van der Waals surface area contributed by atoms with Crippen LogP contribution in [0.5, 0.6) is 0 Å². The highest BCUT2D eigenvalue weighted by Crippen LogP contribution is 2.44. The SMILES string of the molecule is CCCCCCC1CCC(C2CCC(c3ccc(C=C(C)C)cc3)CC2)CC1. The standard InChI is InChI=1S/C28H44/c1-4-5-6-7-8-23-9-13-25(14-10-23)27-17-19-28(20-18-27)26-15-11-24(12-16-26)21-22(2)3/h11-12,15-16,21,23,25,27-28H,4-10,13-14,17-20H2,1-3H3. The highest BCUT2D eigenvalue weighted by atomic mass is 14.4. The Bertz CT molecular complexity index is 573. The molecule has 0 saturated heterocycles. The minimum absolute atomic E-state index is 0.812. The molecular formula is C28H44. The maximum Gasteiger partial charge on any atom is -0.0162 e. The van der Waals surface area contributed by atoms with Crippen molar-refractivity contribution < 1.29 is 0 Å². The number of benzene rings is 1. The molecular weight excluding hydrogens is 336 g/mol. The molecule has 1 aromatic carbocycles. The number of unbranched alkanes of at least 4 members (excludes halogenated alkanes) is 3. The first-order chi connectivity index (χ1) is 13.7. The lowest BCUT2D eigenvalue weighted by Crippen LogP contribution is -2.25.